The van der Waals surface area contributed by atoms with Crippen molar-refractivity contribution in [2.24, 2.45) is 0 Å². The number of thioether (sulfide) groups is 1. The molecule has 5 heteroatoms. The van der Waals surface area contributed by atoms with Crippen LogP contribution in [-0.4, -0.2) is 17.1 Å². The standard InChI is InChI=1S/C19H20N2O2S/c1-12-7-8-14(13(2)9-12)11-20-18(22)10-17-19(23)21-15-5-3-4-6-16(15)24-17/h3-9,17H,10-11H2,1-2H3,(H,20,22)(H,21,23). The zero-order valence-electron chi connectivity index (χ0n) is 13.8. The second-order valence-corrected chi connectivity index (χ2v) is 7.25. The van der Waals surface area contributed by atoms with Crippen LogP contribution in [0, 0.1) is 13.8 Å². The number of aryl methyl sites for hydroxylation is 2. The second kappa shape index (κ2) is 7.09. The van der Waals surface area contributed by atoms with Gasteiger partial charge in [0.25, 0.3) is 0 Å². The van der Waals surface area contributed by atoms with E-state index in [0.717, 1.165) is 21.7 Å². The molecule has 2 amide bonds. The van der Waals surface area contributed by atoms with E-state index in [-0.39, 0.29) is 23.5 Å². The van der Waals surface area contributed by atoms with Crippen LogP contribution < -0.4 is 10.6 Å². The van der Waals surface area contributed by atoms with Crippen molar-refractivity contribution in [1.82, 2.24) is 5.32 Å². The Bertz CT molecular complexity index is 789. The summed E-state index contributed by atoms with van der Waals surface area (Å²) in [7, 11) is 0. The summed E-state index contributed by atoms with van der Waals surface area (Å²) in [4.78, 5) is 25.4. The van der Waals surface area contributed by atoms with Gasteiger partial charge in [-0.2, -0.15) is 0 Å². The quantitative estimate of drug-likeness (QED) is 0.896. The first-order valence-electron chi connectivity index (χ1n) is 7.92. The van der Waals surface area contributed by atoms with Crippen LogP contribution in [0.25, 0.3) is 0 Å². The molecule has 24 heavy (non-hydrogen) atoms. The topological polar surface area (TPSA) is 58.2 Å². The number of para-hydroxylation sites is 1. The SMILES string of the molecule is Cc1ccc(CNC(=O)CC2Sc3ccccc3NC2=O)c(C)c1. The number of carbonyl (C=O) groups is 2. The number of carbonyl (C=O) groups excluding carboxylic acids is 2. The average molecular weight is 340 g/mol. The molecule has 2 aromatic rings. The van der Waals surface area contributed by atoms with Crippen LogP contribution in [0.1, 0.15) is 23.1 Å². The maximum atomic E-state index is 12.2. The molecule has 3 rings (SSSR count). The molecule has 0 saturated carbocycles. The lowest BCUT2D eigenvalue weighted by molar-refractivity contribution is -0.124. The lowest BCUT2D eigenvalue weighted by Crippen LogP contribution is -2.34. The highest BCUT2D eigenvalue weighted by Crippen LogP contribution is 2.36. The Kier molecular flexibility index (Phi) is 4.90. The fraction of sp³-hybridized carbons (Fsp3) is 0.263. The minimum absolute atomic E-state index is 0.109. The summed E-state index contributed by atoms with van der Waals surface area (Å²) in [5.74, 6) is -0.220. The summed E-state index contributed by atoms with van der Waals surface area (Å²) in [6.07, 6.45) is 0.176. The predicted molar refractivity (Wildman–Crippen MR) is 97.1 cm³/mol. The number of amides is 2. The van der Waals surface area contributed by atoms with E-state index >= 15 is 0 Å². The van der Waals surface area contributed by atoms with E-state index < -0.39 is 0 Å². The van der Waals surface area contributed by atoms with Crippen molar-refractivity contribution in [2.75, 3.05) is 5.32 Å². The molecule has 0 radical (unpaired) electrons. The third-order valence-electron chi connectivity index (χ3n) is 4.05. The van der Waals surface area contributed by atoms with Crippen LogP contribution in [0.2, 0.25) is 0 Å². The Hall–Kier alpha value is -2.27. The lowest BCUT2D eigenvalue weighted by Gasteiger charge is -2.23. The molecule has 1 unspecified atom stereocenters. The van der Waals surface area contributed by atoms with Crippen molar-refractivity contribution in [1.29, 1.82) is 0 Å². The van der Waals surface area contributed by atoms with Gasteiger partial charge >= 0.3 is 0 Å². The molecule has 0 fully saturated rings. The van der Waals surface area contributed by atoms with Gasteiger partial charge in [0.15, 0.2) is 0 Å². The van der Waals surface area contributed by atoms with Gasteiger partial charge in [0, 0.05) is 17.9 Å². The van der Waals surface area contributed by atoms with Crippen molar-refractivity contribution in [3.63, 3.8) is 0 Å². The summed E-state index contributed by atoms with van der Waals surface area (Å²) in [5, 5.41) is 5.39. The molecular weight excluding hydrogens is 320 g/mol. The Balaban J connectivity index is 1.58. The highest BCUT2D eigenvalue weighted by molar-refractivity contribution is 8.01. The summed E-state index contributed by atoms with van der Waals surface area (Å²) < 4.78 is 0. The second-order valence-electron chi connectivity index (χ2n) is 6.00. The van der Waals surface area contributed by atoms with Gasteiger partial charge in [0.1, 0.15) is 0 Å². The van der Waals surface area contributed by atoms with E-state index in [1.807, 2.05) is 50.2 Å². The van der Waals surface area contributed by atoms with Gasteiger partial charge in [-0.05, 0) is 37.1 Å². The van der Waals surface area contributed by atoms with E-state index in [0.29, 0.717) is 6.54 Å². The number of anilines is 1. The van der Waals surface area contributed by atoms with E-state index in [1.165, 1.54) is 17.3 Å². The number of nitrogens with one attached hydrogen (secondary N) is 2. The largest absolute Gasteiger partial charge is 0.352 e. The van der Waals surface area contributed by atoms with Gasteiger partial charge < -0.3 is 10.6 Å². The molecule has 4 nitrogen and oxygen atoms in total. The monoisotopic (exact) mass is 340 g/mol. The fourth-order valence-corrected chi connectivity index (χ4v) is 3.82. The number of hydrogen-bond acceptors (Lipinski definition) is 3. The molecule has 2 N–H and O–H groups in total. The van der Waals surface area contributed by atoms with E-state index in [9.17, 15) is 9.59 Å². The number of fused-ring (bicyclic) bond motifs is 1. The maximum Gasteiger partial charge on any atom is 0.238 e. The highest BCUT2D eigenvalue weighted by atomic mass is 32.2. The summed E-state index contributed by atoms with van der Waals surface area (Å²) >= 11 is 1.45. The summed E-state index contributed by atoms with van der Waals surface area (Å²) in [6.45, 7) is 4.57. The number of rotatable bonds is 4. The Morgan fingerprint density at radius 3 is 2.79 bits per heavy atom. The molecule has 0 saturated heterocycles. The summed E-state index contributed by atoms with van der Waals surface area (Å²) in [6, 6.07) is 13.8. The van der Waals surface area contributed by atoms with Gasteiger partial charge in [-0.25, -0.2) is 0 Å². The first-order chi connectivity index (χ1) is 11.5. The van der Waals surface area contributed by atoms with E-state index in [2.05, 4.69) is 16.7 Å². The molecule has 1 aliphatic rings. The number of hydrogen-bond donors (Lipinski definition) is 2. The van der Waals surface area contributed by atoms with E-state index in [4.69, 9.17) is 0 Å². The van der Waals surface area contributed by atoms with Gasteiger partial charge in [0.2, 0.25) is 11.8 Å². The highest BCUT2D eigenvalue weighted by Gasteiger charge is 2.28. The van der Waals surface area contributed by atoms with Crippen LogP contribution in [0.4, 0.5) is 5.69 Å². The Morgan fingerprint density at radius 1 is 1.21 bits per heavy atom. The Labute approximate surface area is 146 Å². The Morgan fingerprint density at radius 2 is 2.00 bits per heavy atom. The van der Waals surface area contributed by atoms with Gasteiger partial charge in [0.05, 0.1) is 10.9 Å². The third-order valence-corrected chi connectivity index (χ3v) is 5.33. The third kappa shape index (κ3) is 3.79. The normalized spacial score (nSPS) is 16.2. The molecule has 0 spiro atoms. The zero-order chi connectivity index (χ0) is 17.1. The van der Waals surface area contributed by atoms with Crippen LogP contribution in [0.5, 0.6) is 0 Å². The zero-order valence-corrected chi connectivity index (χ0v) is 14.6. The minimum Gasteiger partial charge on any atom is -0.352 e. The first-order valence-corrected chi connectivity index (χ1v) is 8.80. The van der Waals surface area contributed by atoms with Gasteiger partial charge in [-0.1, -0.05) is 35.9 Å². The van der Waals surface area contributed by atoms with Crippen molar-refractivity contribution in [2.45, 2.75) is 37.0 Å². The fourth-order valence-electron chi connectivity index (χ4n) is 2.71. The van der Waals surface area contributed by atoms with E-state index in [1.54, 1.807) is 0 Å². The van der Waals surface area contributed by atoms with Crippen molar-refractivity contribution >= 4 is 29.3 Å². The lowest BCUT2D eigenvalue weighted by atomic mass is 10.1. The van der Waals surface area contributed by atoms with Gasteiger partial charge in [-0.3, -0.25) is 9.59 Å². The van der Waals surface area contributed by atoms with Crippen molar-refractivity contribution in [3.8, 4) is 0 Å². The number of benzene rings is 2. The molecule has 0 bridgehead atoms. The van der Waals surface area contributed by atoms with Crippen molar-refractivity contribution in [3.05, 3.63) is 59.2 Å². The minimum atomic E-state index is -0.390. The van der Waals surface area contributed by atoms with Crippen LogP contribution in [0.3, 0.4) is 0 Å². The maximum absolute atomic E-state index is 12.2. The molecule has 2 aromatic carbocycles. The smallest absolute Gasteiger partial charge is 0.238 e. The van der Waals surface area contributed by atoms with Crippen LogP contribution >= 0.6 is 11.8 Å². The predicted octanol–water partition coefficient (Wildman–Crippen LogP) is 3.42. The van der Waals surface area contributed by atoms with Crippen LogP contribution in [-0.2, 0) is 16.1 Å². The molecular formula is C19H20N2O2S. The average Bonchev–Trinajstić information content (AvgIpc) is 2.55. The van der Waals surface area contributed by atoms with Crippen LogP contribution in [0.15, 0.2) is 47.4 Å². The molecule has 1 heterocycles. The van der Waals surface area contributed by atoms with Gasteiger partial charge in [-0.15, -0.1) is 11.8 Å². The molecule has 1 aliphatic heterocycles. The first kappa shape index (κ1) is 16.6. The molecule has 124 valence electrons. The molecule has 0 aliphatic carbocycles. The molecule has 1 atom stereocenters. The molecule has 0 aromatic heterocycles. The summed E-state index contributed by atoms with van der Waals surface area (Å²) in [5.41, 5.74) is 4.28. The van der Waals surface area contributed by atoms with Crippen molar-refractivity contribution < 1.29 is 9.59 Å².